The molecule has 1 aliphatic carbocycles. The van der Waals surface area contributed by atoms with Crippen LogP contribution in [0.25, 0.3) is 0 Å². The summed E-state index contributed by atoms with van der Waals surface area (Å²) < 4.78 is 5.87. The summed E-state index contributed by atoms with van der Waals surface area (Å²) in [7, 11) is 3.92. The van der Waals surface area contributed by atoms with E-state index in [0.717, 1.165) is 11.3 Å². The fourth-order valence-corrected chi connectivity index (χ4v) is 2.32. The minimum Gasteiger partial charge on any atom is -0.460 e. The highest BCUT2D eigenvalue weighted by Gasteiger charge is 2.33. The largest absolute Gasteiger partial charge is 0.460 e. The molecule has 0 N–H and O–H groups in total. The Morgan fingerprint density at radius 1 is 1.32 bits per heavy atom. The molecule has 3 rings (SSSR count). The molecule has 2 aliphatic rings. The lowest BCUT2D eigenvalue weighted by Gasteiger charge is -2.27. The summed E-state index contributed by atoms with van der Waals surface area (Å²) in [5, 5.41) is 0. The highest BCUT2D eigenvalue weighted by molar-refractivity contribution is 6.04. The monoisotopic (exact) mass is 253 g/mol. The average Bonchev–Trinajstić information content (AvgIpc) is 2.37. The highest BCUT2D eigenvalue weighted by Crippen LogP contribution is 2.37. The molecule has 3 heteroatoms. The molecule has 19 heavy (non-hydrogen) atoms. The van der Waals surface area contributed by atoms with Gasteiger partial charge in [0.15, 0.2) is 5.78 Å². The summed E-state index contributed by atoms with van der Waals surface area (Å²) in [4.78, 5) is 14.4. The lowest BCUT2D eigenvalue weighted by atomic mass is 9.88. The van der Waals surface area contributed by atoms with Crippen LogP contribution in [0.2, 0.25) is 0 Å². The smallest absolute Gasteiger partial charge is 0.181 e. The third-order valence-electron chi connectivity index (χ3n) is 3.39. The maximum absolute atomic E-state index is 12.4. The molecule has 0 bridgehead atoms. The fourth-order valence-electron chi connectivity index (χ4n) is 2.32. The van der Waals surface area contributed by atoms with Crippen molar-refractivity contribution in [3.05, 3.63) is 59.9 Å². The van der Waals surface area contributed by atoms with Crippen molar-refractivity contribution in [3.63, 3.8) is 0 Å². The first-order valence-electron chi connectivity index (χ1n) is 6.18. The standard InChI is InChI=1S/C16H15NO2/c1-10-4-6-12-14(8-10)19-15-9-11(17(2)3)5-7-13(15)16(12)18/h4-9,12H,1H2,2-3H3. The van der Waals surface area contributed by atoms with Crippen molar-refractivity contribution < 1.29 is 9.53 Å². The van der Waals surface area contributed by atoms with Crippen LogP contribution in [-0.4, -0.2) is 19.9 Å². The molecule has 3 nitrogen and oxygen atoms in total. The summed E-state index contributed by atoms with van der Waals surface area (Å²) in [6.45, 7) is 3.87. The summed E-state index contributed by atoms with van der Waals surface area (Å²) in [6.07, 6.45) is 5.53. The van der Waals surface area contributed by atoms with Gasteiger partial charge < -0.3 is 9.64 Å². The fraction of sp³-hybridized carbons (Fsp3) is 0.188. The van der Waals surface area contributed by atoms with Crippen molar-refractivity contribution in [2.75, 3.05) is 19.0 Å². The predicted octanol–water partition coefficient (Wildman–Crippen LogP) is 2.95. The van der Waals surface area contributed by atoms with Crippen molar-refractivity contribution >= 4 is 11.5 Å². The van der Waals surface area contributed by atoms with E-state index in [0.29, 0.717) is 17.1 Å². The molecule has 0 fully saturated rings. The van der Waals surface area contributed by atoms with E-state index in [9.17, 15) is 4.79 Å². The van der Waals surface area contributed by atoms with Crippen LogP contribution < -0.4 is 9.64 Å². The van der Waals surface area contributed by atoms with Gasteiger partial charge in [0.1, 0.15) is 11.5 Å². The SMILES string of the molecule is C=C1C=CC2C(=O)c3ccc(N(C)C)cc3OC2=C1. The van der Waals surface area contributed by atoms with Crippen LogP contribution >= 0.6 is 0 Å². The predicted molar refractivity (Wildman–Crippen MR) is 75.6 cm³/mol. The topological polar surface area (TPSA) is 29.5 Å². The van der Waals surface area contributed by atoms with Crippen LogP contribution in [0.4, 0.5) is 5.69 Å². The Labute approximate surface area is 112 Å². The van der Waals surface area contributed by atoms with Crippen molar-refractivity contribution in [2.45, 2.75) is 0 Å². The molecular formula is C16H15NO2. The Balaban J connectivity index is 2.09. The molecule has 0 radical (unpaired) electrons. The number of carbonyl (C=O) groups is 1. The van der Waals surface area contributed by atoms with Gasteiger partial charge in [-0.25, -0.2) is 0 Å². The van der Waals surface area contributed by atoms with E-state index in [1.807, 2.05) is 55.4 Å². The van der Waals surface area contributed by atoms with Gasteiger partial charge in [-0.2, -0.15) is 0 Å². The Morgan fingerprint density at radius 3 is 2.84 bits per heavy atom. The van der Waals surface area contributed by atoms with E-state index in [4.69, 9.17) is 4.74 Å². The Morgan fingerprint density at radius 2 is 2.11 bits per heavy atom. The number of Topliss-reactive ketones (excluding diaryl/α,β-unsaturated/α-hetero) is 1. The molecule has 1 aliphatic heterocycles. The van der Waals surface area contributed by atoms with Crippen LogP contribution in [0.3, 0.4) is 0 Å². The van der Waals surface area contributed by atoms with Crippen molar-refractivity contribution in [1.82, 2.24) is 0 Å². The lowest BCUT2D eigenvalue weighted by molar-refractivity contribution is 0.0920. The lowest BCUT2D eigenvalue weighted by Crippen LogP contribution is -2.26. The number of anilines is 1. The number of ketones is 1. The molecule has 1 atom stereocenters. The minimum absolute atomic E-state index is 0.0848. The number of carbonyl (C=O) groups excluding carboxylic acids is 1. The maximum atomic E-state index is 12.4. The van der Waals surface area contributed by atoms with Crippen LogP contribution in [0.15, 0.2) is 54.3 Å². The molecule has 1 unspecified atom stereocenters. The first-order valence-corrected chi connectivity index (χ1v) is 6.18. The van der Waals surface area contributed by atoms with Crippen LogP contribution in [0.5, 0.6) is 5.75 Å². The molecule has 0 saturated heterocycles. The molecular weight excluding hydrogens is 238 g/mol. The van der Waals surface area contributed by atoms with Gasteiger partial charge in [0.2, 0.25) is 0 Å². The number of allylic oxidation sites excluding steroid dienone is 4. The zero-order valence-corrected chi connectivity index (χ0v) is 11.0. The Kier molecular flexibility index (Phi) is 2.56. The summed E-state index contributed by atoms with van der Waals surface area (Å²) in [5.41, 5.74) is 2.51. The number of benzene rings is 1. The number of hydrogen-bond donors (Lipinski definition) is 0. The Hall–Kier alpha value is -2.29. The molecule has 1 aromatic carbocycles. The number of rotatable bonds is 1. The number of ether oxygens (including phenoxy) is 1. The zero-order valence-electron chi connectivity index (χ0n) is 11.0. The van der Waals surface area contributed by atoms with Gasteiger partial charge in [0.05, 0.1) is 11.5 Å². The second-order valence-corrected chi connectivity index (χ2v) is 5.00. The van der Waals surface area contributed by atoms with Crippen molar-refractivity contribution in [1.29, 1.82) is 0 Å². The van der Waals surface area contributed by atoms with E-state index in [1.54, 1.807) is 0 Å². The second kappa shape index (κ2) is 4.12. The molecule has 0 aromatic heterocycles. The number of hydrogen-bond acceptors (Lipinski definition) is 3. The molecule has 1 heterocycles. The van der Waals surface area contributed by atoms with Crippen molar-refractivity contribution in [2.24, 2.45) is 5.92 Å². The van der Waals surface area contributed by atoms with Gasteiger partial charge in [-0.3, -0.25) is 4.79 Å². The minimum atomic E-state index is -0.303. The van der Waals surface area contributed by atoms with Crippen LogP contribution in [0.1, 0.15) is 10.4 Å². The number of nitrogens with zero attached hydrogens (tertiary/aromatic N) is 1. The van der Waals surface area contributed by atoms with Crippen molar-refractivity contribution in [3.8, 4) is 5.75 Å². The number of fused-ring (bicyclic) bond motifs is 2. The third kappa shape index (κ3) is 1.87. The maximum Gasteiger partial charge on any atom is 0.181 e. The van der Waals surface area contributed by atoms with E-state index in [1.165, 1.54) is 0 Å². The zero-order chi connectivity index (χ0) is 13.6. The van der Waals surface area contributed by atoms with Gasteiger partial charge in [-0.1, -0.05) is 18.7 Å². The van der Waals surface area contributed by atoms with Gasteiger partial charge >= 0.3 is 0 Å². The molecule has 1 aromatic rings. The quantitative estimate of drug-likeness (QED) is 0.770. The van der Waals surface area contributed by atoms with E-state index in [-0.39, 0.29) is 11.7 Å². The van der Waals surface area contributed by atoms with Gasteiger partial charge in [-0.15, -0.1) is 0 Å². The van der Waals surface area contributed by atoms with Gasteiger partial charge in [-0.05, 0) is 23.8 Å². The van der Waals surface area contributed by atoms with Crippen LogP contribution in [-0.2, 0) is 0 Å². The summed E-state index contributed by atoms with van der Waals surface area (Å²) in [5.74, 6) is 1.08. The van der Waals surface area contributed by atoms with E-state index < -0.39 is 0 Å². The van der Waals surface area contributed by atoms with Gasteiger partial charge in [0.25, 0.3) is 0 Å². The molecule has 0 saturated carbocycles. The summed E-state index contributed by atoms with van der Waals surface area (Å²) in [6, 6.07) is 5.66. The average molecular weight is 253 g/mol. The highest BCUT2D eigenvalue weighted by atomic mass is 16.5. The first kappa shape index (κ1) is 11.8. The molecule has 0 amide bonds. The first-order chi connectivity index (χ1) is 9.06. The summed E-state index contributed by atoms with van der Waals surface area (Å²) >= 11 is 0. The molecule has 96 valence electrons. The Bertz CT molecular complexity index is 638. The van der Waals surface area contributed by atoms with Gasteiger partial charge in [0, 0.05) is 25.8 Å². The van der Waals surface area contributed by atoms with E-state index >= 15 is 0 Å². The normalized spacial score (nSPS) is 20.3. The van der Waals surface area contributed by atoms with Crippen LogP contribution in [0, 0.1) is 5.92 Å². The molecule has 0 spiro atoms. The third-order valence-corrected chi connectivity index (χ3v) is 3.39. The van der Waals surface area contributed by atoms with E-state index in [2.05, 4.69) is 6.58 Å². The second-order valence-electron chi connectivity index (χ2n) is 5.00.